The van der Waals surface area contributed by atoms with Crippen molar-refractivity contribution in [2.75, 3.05) is 0 Å². The summed E-state index contributed by atoms with van der Waals surface area (Å²) >= 11 is 0. The fourth-order valence-electron chi connectivity index (χ4n) is 0.729. The van der Waals surface area contributed by atoms with Crippen LogP contribution in [0.5, 0.6) is 0 Å². The van der Waals surface area contributed by atoms with Gasteiger partial charge in [-0.3, -0.25) is 0 Å². The third kappa shape index (κ3) is 29.7. The van der Waals surface area contributed by atoms with E-state index in [0.29, 0.717) is 25.7 Å². The molecule has 0 N–H and O–H groups in total. The molecule has 0 heterocycles. The van der Waals surface area contributed by atoms with E-state index in [4.69, 9.17) is 0 Å². The van der Waals surface area contributed by atoms with Gasteiger partial charge < -0.3 is 0 Å². The maximum Gasteiger partial charge on any atom is 0.0703 e. The van der Waals surface area contributed by atoms with E-state index in [1.165, 1.54) is 0 Å². The second kappa shape index (κ2) is 30.1. The van der Waals surface area contributed by atoms with E-state index in [2.05, 4.69) is 59.2 Å². The average molecular weight is 270 g/mol. The van der Waals surface area contributed by atoms with Gasteiger partial charge in [-0.15, -0.1) is 11.8 Å². The second-order valence-electron chi connectivity index (χ2n) is 2.62. The minimum absolute atomic E-state index is 0. The molecule has 0 atom stereocenters. The van der Waals surface area contributed by atoms with Crippen LogP contribution in [0.4, 0.5) is 0 Å². The Hall–Kier alpha value is -2.20. The monoisotopic (exact) mass is 270 g/mol. The molecule has 0 unspecified atom stereocenters. The first-order valence-electron chi connectivity index (χ1n) is 5.08. The first-order valence-corrected chi connectivity index (χ1v) is 5.08. The van der Waals surface area contributed by atoms with Gasteiger partial charge in [0.15, 0.2) is 0 Å². The average Bonchev–Trinajstić information content (AvgIpc) is 2.31. The Morgan fingerprint density at radius 3 is 0.800 bits per heavy atom. The van der Waals surface area contributed by atoms with E-state index >= 15 is 0 Å². The molecule has 0 aromatic heterocycles. The normalized spacial score (nSPS) is 4.70. The summed E-state index contributed by atoms with van der Waals surface area (Å²) < 4.78 is 0. The molecule has 0 saturated carbocycles. The van der Waals surface area contributed by atoms with E-state index in [9.17, 15) is 0 Å². The van der Waals surface area contributed by atoms with Crippen LogP contribution in [-0.2, 0) is 0 Å². The minimum Gasteiger partial charge on any atom is -0.106 e. The van der Waals surface area contributed by atoms with Crippen molar-refractivity contribution in [1.29, 1.82) is 0 Å². The predicted octanol–water partition coefficient (Wildman–Crippen LogP) is 5.15. The molecule has 0 fully saturated rings. The summed E-state index contributed by atoms with van der Waals surface area (Å²) in [7, 11) is 0. The Kier molecular flexibility index (Phi) is 46.2. The van der Waals surface area contributed by atoms with Gasteiger partial charge in [0.1, 0.15) is 0 Å². The van der Waals surface area contributed by atoms with Crippen LogP contribution in [0.25, 0.3) is 0 Å². The maximum absolute atomic E-state index is 2.94. The lowest BCUT2D eigenvalue weighted by Crippen LogP contribution is -1.65. The summed E-state index contributed by atoms with van der Waals surface area (Å²) in [5.74, 6) is 28.9. The van der Waals surface area contributed by atoms with Gasteiger partial charge in [-0.2, -0.15) is 0 Å². The summed E-state index contributed by atoms with van der Waals surface area (Å²) in [4.78, 5) is 0. The third-order valence-corrected chi connectivity index (χ3v) is 1.44. The Bertz CT molecular complexity index is 433. The van der Waals surface area contributed by atoms with Crippen LogP contribution in [0, 0.1) is 59.2 Å². The standard InChI is InChI=1S/C16H14.4CH4/c1-3-5-7-9-11-13-15-16-14-12-10-8-6-4-2;;;;/h7-8,13-14H2,1-2H3;4*1H4. The van der Waals surface area contributed by atoms with Crippen LogP contribution in [-0.4, -0.2) is 0 Å². The van der Waals surface area contributed by atoms with Crippen LogP contribution < -0.4 is 0 Å². The van der Waals surface area contributed by atoms with Crippen LogP contribution in [0.2, 0.25) is 0 Å². The highest BCUT2D eigenvalue weighted by Crippen LogP contribution is 1.77. The first-order chi connectivity index (χ1) is 7.91. The van der Waals surface area contributed by atoms with Crippen LogP contribution in [0.3, 0.4) is 0 Å². The predicted molar refractivity (Wildman–Crippen MR) is 95.6 cm³/mol. The zero-order valence-corrected chi connectivity index (χ0v) is 9.83. The van der Waals surface area contributed by atoms with Crippen molar-refractivity contribution >= 4 is 0 Å². The van der Waals surface area contributed by atoms with Crippen molar-refractivity contribution in [1.82, 2.24) is 0 Å². The van der Waals surface area contributed by atoms with Crippen molar-refractivity contribution in [2.24, 2.45) is 0 Å². The molecule has 20 heavy (non-hydrogen) atoms. The molecule has 0 aliphatic carbocycles. The lowest BCUT2D eigenvalue weighted by molar-refractivity contribution is 1.46. The third-order valence-electron chi connectivity index (χ3n) is 1.44. The Labute approximate surface area is 129 Å². The van der Waals surface area contributed by atoms with Gasteiger partial charge in [-0.1, -0.05) is 77.1 Å². The smallest absolute Gasteiger partial charge is 0.0703 e. The first kappa shape index (κ1) is 30.7. The van der Waals surface area contributed by atoms with Gasteiger partial charge in [0.05, 0.1) is 25.7 Å². The highest BCUT2D eigenvalue weighted by atomic mass is 13.7. The Morgan fingerprint density at radius 2 is 0.600 bits per heavy atom. The van der Waals surface area contributed by atoms with Crippen molar-refractivity contribution in [3.8, 4) is 59.2 Å². The molecule has 0 nitrogen and oxygen atoms in total. The highest BCUT2D eigenvalue weighted by molar-refractivity contribution is 5.19. The van der Waals surface area contributed by atoms with Gasteiger partial charge in [0.25, 0.3) is 0 Å². The lowest BCUT2D eigenvalue weighted by atomic mass is 10.3. The van der Waals surface area contributed by atoms with E-state index in [0.717, 1.165) is 0 Å². The number of hydrogen-bond donors (Lipinski definition) is 0. The van der Waals surface area contributed by atoms with Crippen molar-refractivity contribution in [3.63, 3.8) is 0 Å². The fraction of sp³-hybridized carbons (Fsp3) is 0.500. The summed E-state index contributed by atoms with van der Waals surface area (Å²) in [5, 5.41) is 0. The molecular formula is C20H30. The SMILES string of the molecule is C.C.C.C.CC#CCC#CCC#CCC#CCC#CC. The van der Waals surface area contributed by atoms with Gasteiger partial charge in [-0.05, 0) is 13.8 Å². The van der Waals surface area contributed by atoms with Crippen molar-refractivity contribution in [3.05, 3.63) is 0 Å². The molecular weight excluding hydrogens is 240 g/mol. The molecule has 0 aromatic carbocycles. The van der Waals surface area contributed by atoms with Gasteiger partial charge >= 0.3 is 0 Å². The molecule has 0 heteroatoms. The van der Waals surface area contributed by atoms with Gasteiger partial charge in [0, 0.05) is 0 Å². The molecule has 0 amide bonds. The molecule has 0 bridgehead atoms. The van der Waals surface area contributed by atoms with Crippen LogP contribution in [0.1, 0.15) is 69.2 Å². The van der Waals surface area contributed by atoms with E-state index in [-0.39, 0.29) is 29.7 Å². The van der Waals surface area contributed by atoms with Crippen molar-refractivity contribution < 1.29 is 0 Å². The second-order valence-corrected chi connectivity index (χ2v) is 2.62. The van der Waals surface area contributed by atoms with Crippen LogP contribution >= 0.6 is 0 Å². The molecule has 0 spiro atoms. The molecule has 0 aromatic rings. The molecule has 110 valence electrons. The van der Waals surface area contributed by atoms with Gasteiger partial charge in [0.2, 0.25) is 0 Å². The van der Waals surface area contributed by atoms with E-state index in [1.54, 1.807) is 0 Å². The Balaban J connectivity index is -0.000000187. The molecule has 0 aliphatic rings. The maximum atomic E-state index is 2.94. The summed E-state index contributed by atoms with van der Waals surface area (Å²) in [6, 6.07) is 0. The molecule has 0 radical (unpaired) electrons. The lowest BCUT2D eigenvalue weighted by Gasteiger charge is -1.73. The molecule has 0 saturated heterocycles. The topological polar surface area (TPSA) is 0 Å². The van der Waals surface area contributed by atoms with E-state index < -0.39 is 0 Å². The Morgan fingerprint density at radius 1 is 0.400 bits per heavy atom. The highest BCUT2D eigenvalue weighted by Gasteiger charge is 1.69. The minimum atomic E-state index is 0. The zero-order chi connectivity index (χ0) is 11.9. The largest absolute Gasteiger partial charge is 0.106 e. The molecule has 0 aliphatic heterocycles. The van der Waals surface area contributed by atoms with Gasteiger partial charge in [-0.25, -0.2) is 0 Å². The zero-order valence-electron chi connectivity index (χ0n) is 9.83. The number of rotatable bonds is 0. The molecule has 0 rings (SSSR count). The summed E-state index contributed by atoms with van der Waals surface area (Å²) in [6.45, 7) is 3.62. The summed E-state index contributed by atoms with van der Waals surface area (Å²) in [6.07, 6.45) is 2.46. The van der Waals surface area contributed by atoms with Crippen LogP contribution in [0.15, 0.2) is 0 Å². The van der Waals surface area contributed by atoms with Crippen molar-refractivity contribution in [2.45, 2.75) is 69.2 Å². The quantitative estimate of drug-likeness (QED) is 0.534. The summed E-state index contributed by atoms with van der Waals surface area (Å²) in [5.41, 5.74) is 0. The van der Waals surface area contributed by atoms with E-state index in [1.807, 2.05) is 13.8 Å². The number of hydrogen-bond acceptors (Lipinski definition) is 0. The fourth-order valence-corrected chi connectivity index (χ4v) is 0.729.